The number of hydrogen-bond acceptors (Lipinski definition) is 3. The zero-order valence-corrected chi connectivity index (χ0v) is 12.5. The summed E-state index contributed by atoms with van der Waals surface area (Å²) in [5.41, 5.74) is 1.30. The zero-order chi connectivity index (χ0) is 12.8. The summed E-state index contributed by atoms with van der Waals surface area (Å²) in [5.74, 6) is 0.859. The number of benzene rings is 1. The molecule has 0 bridgehead atoms. The minimum Gasteiger partial charge on any atom is -0.307 e. The zero-order valence-electron chi connectivity index (χ0n) is 10.3. The quantitative estimate of drug-likeness (QED) is 0.840. The molecular weight excluding hydrogens is 337 g/mol. The molecule has 3 nitrogen and oxygen atoms in total. The average molecular weight is 353 g/mol. The van der Waals surface area contributed by atoms with Crippen LogP contribution in [0.3, 0.4) is 0 Å². The maximum atomic E-state index is 4.34. The number of aromatic nitrogens is 2. The minimum atomic E-state index is 0.177. The predicted octanol–water partition coefficient (Wildman–Crippen LogP) is 2.97. The van der Waals surface area contributed by atoms with Gasteiger partial charge in [0.15, 0.2) is 0 Å². The molecule has 94 valence electrons. The van der Waals surface area contributed by atoms with Crippen LogP contribution in [0.2, 0.25) is 0 Å². The van der Waals surface area contributed by atoms with Crippen LogP contribution in [0.5, 0.6) is 0 Å². The monoisotopic (exact) mass is 353 g/mol. The molecule has 1 heterocycles. The third-order valence-corrected chi connectivity index (χ3v) is 3.42. The first-order valence-corrected chi connectivity index (χ1v) is 7.12. The van der Waals surface area contributed by atoms with Gasteiger partial charge in [0.2, 0.25) is 0 Å². The second-order valence-corrected chi connectivity index (χ2v) is 5.29. The molecule has 4 heteroatoms. The molecule has 0 aliphatic rings. The van der Waals surface area contributed by atoms with Crippen LogP contribution < -0.4 is 5.32 Å². The number of nitrogens with one attached hydrogen (secondary N) is 1. The Morgan fingerprint density at radius 2 is 1.83 bits per heavy atom. The summed E-state index contributed by atoms with van der Waals surface area (Å²) in [6.45, 7) is 3.01. The first-order chi connectivity index (χ1) is 8.79. The van der Waals surface area contributed by atoms with Crippen LogP contribution >= 0.6 is 22.6 Å². The molecule has 2 aromatic rings. The Bertz CT molecular complexity index is 470. The van der Waals surface area contributed by atoms with Crippen molar-refractivity contribution >= 4 is 22.6 Å². The molecule has 1 N–H and O–H groups in total. The summed E-state index contributed by atoms with van der Waals surface area (Å²) in [6.07, 6.45) is 4.50. The first-order valence-electron chi connectivity index (χ1n) is 6.04. The smallest absolute Gasteiger partial charge is 0.145 e. The van der Waals surface area contributed by atoms with Crippen molar-refractivity contribution in [2.24, 2.45) is 0 Å². The van der Waals surface area contributed by atoms with Crippen molar-refractivity contribution in [3.05, 3.63) is 57.7 Å². The van der Waals surface area contributed by atoms with E-state index in [1.165, 1.54) is 9.13 Å². The van der Waals surface area contributed by atoms with E-state index in [9.17, 15) is 0 Å². The maximum Gasteiger partial charge on any atom is 0.145 e. The van der Waals surface area contributed by atoms with Gasteiger partial charge in [-0.25, -0.2) is 9.97 Å². The van der Waals surface area contributed by atoms with E-state index in [1.54, 1.807) is 12.4 Å². The van der Waals surface area contributed by atoms with Gasteiger partial charge in [-0.2, -0.15) is 0 Å². The molecule has 0 aliphatic carbocycles. The predicted molar refractivity (Wildman–Crippen MR) is 81.3 cm³/mol. The van der Waals surface area contributed by atoms with E-state index in [-0.39, 0.29) is 6.04 Å². The van der Waals surface area contributed by atoms with Gasteiger partial charge in [-0.1, -0.05) is 19.1 Å². The van der Waals surface area contributed by atoms with Crippen molar-refractivity contribution in [2.45, 2.75) is 19.4 Å². The van der Waals surface area contributed by atoms with Crippen molar-refractivity contribution < 1.29 is 0 Å². The third-order valence-electron chi connectivity index (χ3n) is 2.70. The number of halogens is 1. The van der Waals surface area contributed by atoms with Crippen LogP contribution in [0.4, 0.5) is 0 Å². The molecule has 1 aromatic heterocycles. The fourth-order valence-electron chi connectivity index (χ4n) is 1.85. The van der Waals surface area contributed by atoms with E-state index in [1.807, 2.05) is 6.07 Å². The number of likely N-dealkylation sites (N-methyl/N-ethyl adjacent to an activating group) is 1. The summed E-state index contributed by atoms with van der Waals surface area (Å²) < 4.78 is 1.26. The van der Waals surface area contributed by atoms with E-state index < -0.39 is 0 Å². The summed E-state index contributed by atoms with van der Waals surface area (Å²) in [7, 11) is 0. The molecule has 0 aliphatic heterocycles. The summed E-state index contributed by atoms with van der Waals surface area (Å²) in [6, 6.07) is 10.6. The molecule has 0 saturated heterocycles. The minimum absolute atomic E-state index is 0.177. The first kappa shape index (κ1) is 13.4. The van der Waals surface area contributed by atoms with Gasteiger partial charge in [0, 0.05) is 16.0 Å². The summed E-state index contributed by atoms with van der Waals surface area (Å²) >= 11 is 2.32. The second kappa shape index (κ2) is 6.80. The lowest BCUT2D eigenvalue weighted by Gasteiger charge is -2.16. The average Bonchev–Trinajstić information content (AvgIpc) is 2.42. The molecule has 18 heavy (non-hydrogen) atoms. The normalized spacial score (nSPS) is 12.3. The molecule has 0 amide bonds. The number of nitrogens with zero attached hydrogens (tertiary/aromatic N) is 2. The topological polar surface area (TPSA) is 37.8 Å². The van der Waals surface area contributed by atoms with Crippen molar-refractivity contribution in [3.8, 4) is 0 Å². The van der Waals surface area contributed by atoms with Gasteiger partial charge in [0.1, 0.15) is 5.82 Å². The molecule has 1 atom stereocenters. The highest BCUT2D eigenvalue weighted by Crippen LogP contribution is 2.15. The Labute approximate surface area is 121 Å². The highest BCUT2D eigenvalue weighted by atomic mass is 127. The van der Waals surface area contributed by atoms with Gasteiger partial charge in [-0.15, -0.1) is 0 Å². The Morgan fingerprint density at radius 3 is 2.44 bits per heavy atom. The van der Waals surface area contributed by atoms with E-state index in [4.69, 9.17) is 0 Å². The fraction of sp³-hybridized carbons (Fsp3) is 0.286. The summed E-state index contributed by atoms with van der Waals surface area (Å²) in [4.78, 5) is 8.67. The van der Waals surface area contributed by atoms with Crippen molar-refractivity contribution in [3.63, 3.8) is 0 Å². The molecule has 1 aromatic carbocycles. The molecule has 2 rings (SSSR count). The third kappa shape index (κ3) is 3.74. The maximum absolute atomic E-state index is 4.34. The van der Waals surface area contributed by atoms with Gasteiger partial charge in [-0.3, -0.25) is 0 Å². The highest BCUT2D eigenvalue weighted by Gasteiger charge is 2.13. The molecule has 0 fully saturated rings. The molecule has 1 unspecified atom stereocenters. The van der Waals surface area contributed by atoms with Crippen LogP contribution in [0.25, 0.3) is 0 Å². The standard InChI is InChI=1S/C14H16IN3/c1-2-16-13(14-17-8-3-9-18-14)10-11-4-6-12(15)7-5-11/h3-9,13,16H,2,10H2,1H3. The number of rotatable bonds is 5. The Morgan fingerprint density at radius 1 is 1.17 bits per heavy atom. The lowest BCUT2D eigenvalue weighted by atomic mass is 10.1. The van der Waals surface area contributed by atoms with Gasteiger partial charge < -0.3 is 5.32 Å². The van der Waals surface area contributed by atoms with Crippen molar-refractivity contribution in [1.29, 1.82) is 0 Å². The van der Waals surface area contributed by atoms with Gasteiger partial charge >= 0.3 is 0 Å². The van der Waals surface area contributed by atoms with Crippen molar-refractivity contribution in [2.75, 3.05) is 6.54 Å². The molecule has 0 radical (unpaired) electrons. The Kier molecular flexibility index (Phi) is 5.07. The van der Waals surface area contributed by atoms with E-state index in [2.05, 4.69) is 69.1 Å². The SMILES string of the molecule is CCNC(Cc1ccc(I)cc1)c1ncccn1. The van der Waals surface area contributed by atoms with E-state index in [0.717, 1.165) is 18.8 Å². The molecule has 0 saturated carbocycles. The van der Waals surface area contributed by atoms with E-state index >= 15 is 0 Å². The van der Waals surface area contributed by atoms with Crippen molar-refractivity contribution in [1.82, 2.24) is 15.3 Å². The molecular formula is C14H16IN3. The second-order valence-electron chi connectivity index (χ2n) is 4.05. The van der Waals surface area contributed by atoms with Crippen LogP contribution in [-0.2, 0) is 6.42 Å². The molecule has 0 spiro atoms. The largest absolute Gasteiger partial charge is 0.307 e. The van der Waals surface area contributed by atoms with Crippen LogP contribution in [0.1, 0.15) is 24.4 Å². The Hall–Kier alpha value is -1.01. The lowest BCUT2D eigenvalue weighted by molar-refractivity contribution is 0.521. The van der Waals surface area contributed by atoms with Crippen LogP contribution in [-0.4, -0.2) is 16.5 Å². The number of hydrogen-bond donors (Lipinski definition) is 1. The van der Waals surface area contributed by atoms with Gasteiger partial charge in [0.25, 0.3) is 0 Å². The fourth-order valence-corrected chi connectivity index (χ4v) is 2.21. The van der Waals surface area contributed by atoms with Crippen LogP contribution in [0.15, 0.2) is 42.7 Å². The van der Waals surface area contributed by atoms with Gasteiger partial charge in [-0.05, 0) is 59.3 Å². The van der Waals surface area contributed by atoms with Crippen LogP contribution in [0, 0.1) is 3.57 Å². The van der Waals surface area contributed by atoms with E-state index in [0.29, 0.717) is 0 Å². The highest BCUT2D eigenvalue weighted by molar-refractivity contribution is 14.1. The van der Waals surface area contributed by atoms with Gasteiger partial charge in [0.05, 0.1) is 6.04 Å². The summed E-state index contributed by atoms with van der Waals surface area (Å²) in [5, 5.41) is 3.44. The lowest BCUT2D eigenvalue weighted by Crippen LogP contribution is -2.24. The Balaban J connectivity index is 2.14.